The van der Waals surface area contributed by atoms with Crippen LogP contribution in [0.15, 0.2) is 49.8 Å². The van der Waals surface area contributed by atoms with Crippen molar-refractivity contribution in [2.75, 3.05) is 34.5 Å². The second-order valence-electron chi connectivity index (χ2n) is 8.51. The Morgan fingerprint density at radius 3 is 2.49 bits per heavy atom. The highest BCUT2D eigenvalue weighted by Gasteiger charge is 2.35. The molecule has 0 bridgehead atoms. The van der Waals surface area contributed by atoms with Crippen LogP contribution in [0, 0.1) is 14.9 Å². The molecule has 0 radical (unpaired) electrons. The third kappa shape index (κ3) is 6.00. The molecule has 13 heteroatoms. The molecule has 0 aliphatic carbocycles. The van der Waals surface area contributed by atoms with Gasteiger partial charge in [0, 0.05) is 4.47 Å². The highest BCUT2D eigenvalue weighted by Crippen LogP contribution is 2.41. The van der Waals surface area contributed by atoms with Gasteiger partial charge in [-0.05, 0) is 77.9 Å². The fourth-order valence-electron chi connectivity index (χ4n) is 4.38. The fraction of sp³-hybridized carbons (Fsp3) is 0.286. The number of rotatable bonds is 9. The van der Waals surface area contributed by atoms with Crippen LogP contribution < -0.4 is 33.8 Å². The van der Waals surface area contributed by atoms with Crippen molar-refractivity contribution in [2.24, 2.45) is 4.99 Å². The van der Waals surface area contributed by atoms with E-state index >= 15 is 0 Å². The summed E-state index contributed by atoms with van der Waals surface area (Å²) < 4.78 is 30.6. The van der Waals surface area contributed by atoms with Gasteiger partial charge in [0.15, 0.2) is 34.4 Å². The first-order chi connectivity index (χ1) is 19.7. The van der Waals surface area contributed by atoms with E-state index in [1.165, 1.54) is 37.2 Å². The van der Waals surface area contributed by atoms with Gasteiger partial charge in [0.25, 0.3) is 5.56 Å². The zero-order valence-electron chi connectivity index (χ0n) is 22.7. The molecule has 214 valence electrons. The number of allylic oxidation sites excluding steroid dienone is 1. The van der Waals surface area contributed by atoms with Crippen molar-refractivity contribution in [1.82, 2.24) is 4.57 Å². The highest BCUT2D eigenvalue weighted by molar-refractivity contribution is 14.1. The molecule has 0 spiro atoms. The van der Waals surface area contributed by atoms with Gasteiger partial charge in [-0.1, -0.05) is 27.3 Å². The molecule has 41 heavy (non-hydrogen) atoms. The minimum atomic E-state index is -0.849. The summed E-state index contributed by atoms with van der Waals surface area (Å²) in [6, 6.07) is 8.11. The van der Waals surface area contributed by atoms with Crippen molar-refractivity contribution < 1.29 is 28.5 Å². The number of nitriles is 1. The fourth-order valence-corrected chi connectivity index (χ4v) is 6.75. The summed E-state index contributed by atoms with van der Waals surface area (Å²) >= 11 is 6.89. The number of fused-ring (bicyclic) bond motifs is 1. The normalized spacial score (nSPS) is 14.6. The maximum atomic E-state index is 14.0. The Bertz CT molecular complexity index is 1770. The molecule has 0 fully saturated rings. The van der Waals surface area contributed by atoms with Gasteiger partial charge in [-0.15, -0.1) is 0 Å². The average Bonchev–Trinajstić information content (AvgIpc) is 3.25. The van der Waals surface area contributed by atoms with Crippen LogP contribution in [0.25, 0.3) is 6.08 Å². The Morgan fingerprint density at radius 1 is 1.17 bits per heavy atom. The van der Waals surface area contributed by atoms with Crippen LogP contribution in [-0.2, 0) is 9.53 Å². The van der Waals surface area contributed by atoms with E-state index in [-0.39, 0.29) is 24.3 Å². The number of halogens is 2. The number of hydrogen-bond acceptors (Lipinski definition) is 10. The van der Waals surface area contributed by atoms with Crippen molar-refractivity contribution >= 4 is 61.9 Å². The number of hydrogen-bond donors (Lipinski definition) is 0. The van der Waals surface area contributed by atoms with Crippen molar-refractivity contribution in [3.05, 3.63) is 74.4 Å². The van der Waals surface area contributed by atoms with Crippen molar-refractivity contribution in [3.8, 4) is 29.1 Å². The number of methoxy groups -OCH3 is 3. The van der Waals surface area contributed by atoms with Crippen LogP contribution in [0.3, 0.4) is 0 Å². The summed E-state index contributed by atoms with van der Waals surface area (Å²) in [5.74, 6) is 1.23. The molecule has 2 heterocycles. The van der Waals surface area contributed by atoms with Gasteiger partial charge in [0.2, 0.25) is 0 Å². The summed E-state index contributed by atoms with van der Waals surface area (Å²) in [6.07, 6.45) is 1.73. The lowest BCUT2D eigenvalue weighted by atomic mass is 9.95. The van der Waals surface area contributed by atoms with Gasteiger partial charge < -0.3 is 23.7 Å². The minimum absolute atomic E-state index is 0.127. The van der Waals surface area contributed by atoms with Crippen LogP contribution in [0.4, 0.5) is 0 Å². The molecule has 1 atom stereocenters. The number of benzene rings is 2. The number of ether oxygens (including phenoxy) is 5. The molecule has 10 nitrogen and oxygen atoms in total. The average molecular weight is 754 g/mol. The number of nitrogens with zero attached hydrogens (tertiary/aromatic N) is 3. The smallest absolute Gasteiger partial charge is 0.338 e. The third-order valence-corrected chi connectivity index (χ3v) is 8.62. The van der Waals surface area contributed by atoms with Crippen molar-refractivity contribution in [2.45, 2.75) is 19.9 Å². The molecule has 1 aliphatic rings. The van der Waals surface area contributed by atoms with E-state index in [4.69, 9.17) is 28.9 Å². The van der Waals surface area contributed by atoms with Crippen molar-refractivity contribution in [1.29, 1.82) is 5.26 Å². The molecule has 0 unspecified atom stereocenters. The number of aromatic nitrogens is 1. The minimum Gasteiger partial charge on any atom is -0.493 e. The number of thiazole rings is 1. The Kier molecular flexibility index (Phi) is 9.77. The molecule has 1 aliphatic heterocycles. The highest BCUT2D eigenvalue weighted by atomic mass is 127. The number of esters is 1. The van der Waals surface area contributed by atoms with Crippen LogP contribution in [0.1, 0.15) is 31.0 Å². The van der Waals surface area contributed by atoms with Crippen LogP contribution in [-0.4, -0.2) is 45.1 Å². The maximum absolute atomic E-state index is 14.0. The number of carbonyl (C=O) groups is 1. The molecular weight excluding hydrogens is 729 g/mol. The van der Waals surface area contributed by atoms with Gasteiger partial charge in [0.05, 0.1) is 53.4 Å². The van der Waals surface area contributed by atoms with E-state index in [0.29, 0.717) is 57.2 Å². The Labute approximate surface area is 261 Å². The van der Waals surface area contributed by atoms with E-state index in [2.05, 4.69) is 43.5 Å². The summed E-state index contributed by atoms with van der Waals surface area (Å²) in [5.41, 5.74) is 1.63. The molecule has 1 aromatic heterocycles. The van der Waals surface area contributed by atoms with Crippen LogP contribution >= 0.6 is 49.9 Å². The standard InChI is InChI=1S/C28H25BrIN3O7S/c1-6-39-27(35)23-14(2)32-28-33(24(23)16-12-19(36-3)20(37-4)13-17(16)29)26(34)22(41-28)11-15-9-18(30)25(40-8-7-31)21(10-15)38-5/h9-13,24H,6,8H2,1-5H3/b22-11-/t24-/m0/s1. The zero-order chi connectivity index (χ0) is 29.8. The Balaban J connectivity index is 1.97. The second kappa shape index (κ2) is 13.1. The van der Waals surface area contributed by atoms with Gasteiger partial charge in [-0.2, -0.15) is 5.26 Å². The first-order valence-electron chi connectivity index (χ1n) is 12.2. The molecule has 2 aromatic carbocycles. The van der Waals surface area contributed by atoms with E-state index in [9.17, 15) is 9.59 Å². The Hall–Kier alpha value is -3.35. The molecule has 0 saturated carbocycles. The van der Waals surface area contributed by atoms with Gasteiger partial charge in [-0.3, -0.25) is 9.36 Å². The largest absolute Gasteiger partial charge is 0.493 e. The lowest BCUT2D eigenvalue weighted by molar-refractivity contribution is -0.139. The van der Waals surface area contributed by atoms with Crippen LogP contribution in [0.2, 0.25) is 0 Å². The summed E-state index contributed by atoms with van der Waals surface area (Å²) in [6.45, 7) is 3.47. The van der Waals surface area contributed by atoms with Crippen LogP contribution in [0.5, 0.6) is 23.0 Å². The topological polar surface area (TPSA) is 121 Å². The molecule has 0 saturated heterocycles. The lowest BCUT2D eigenvalue weighted by Gasteiger charge is -2.26. The SMILES string of the molecule is CCOC(=O)C1=C(C)N=c2s/c(=C\c3cc(I)c(OCC#N)c(OC)c3)c(=O)n2[C@H]1c1cc(OC)c(OC)cc1Br. The summed E-state index contributed by atoms with van der Waals surface area (Å²) in [7, 11) is 4.54. The van der Waals surface area contributed by atoms with Gasteiger partial charge in [0.1, 0.15) is 6.07 Å². The van der Waals surface area contributed by atoms with E-state index in [1.54, 1.807) is 38.1 Å². The first kappa shape index (κ1) is 30.6. The Morgan fingerprint density at radius 2 is 1.85 bits per heavy atom. The molecule has 0 N–H and O–H groups in total. The number of carbonyl (C=O) groups excluding carboxylic acids is 1. The van der Waals surface area contributed by atoms with Gasteiger partial charge in [-0.25, -0.2) is 9.79 Å². The first-order valence-corrected chi connectivity index (χ1v) is 14.9. The zero-order valence-corrected chi connectivity index (χ0v) is 27.3. The summed E-state index contributed by atoms with van der Waals surface area (Å²) in [4.78, 5) is 32.3. The summed E-state index contributed by atoms with van der Waals surface area (Å²) in [5, 5.41) is 8.90. The molecular formula is C28H25BrIN3O7S. The van der Waals surface area contributed by atoms with E-state index in [1.807, 2.05) is 12.1 Å². The predicted octanol–water partition coefficient (Wildman–Crippen LogP) is 4.09. The predicted molar refractivity (Wildman–Crippen MR) is 164 cm³/mol. The molecule has 3 aromatic rings. The second-order valence-corrected chi connectivity index (χ2v) is 11.5. The third-order valence-electron chi connectivity index (χ3n) is 6.15. The monoisotopic (exact) mass is 753 g/mol. The molecule has 0 amide bonds. The quantitative estimate of drug-likeness (QED) is 0.237. The van der Waals surface area contributed by atoms with E-state index < -0.39 is 12.0 Å². The lowest BCUT2D eigenvalue weighted by Crippen LogP contribution is -2.40. The molecule has 4 rings (SSSR count). The van der Waals surface area contributed by atoms with Gasteiger partial charge >= 0.3 is 5.97 Å². The van der Waals surface area contributed by atoms with E-state index in [0.717, 1.165) is 0 Å². The maximum Gasteiger partial charge on any atom is 0.338 e. The van der Waals surface area contributed by atoms with Crippen molar-refractivity contribution in [3.63, 3.8) is 0 Å².